The quantitative estimate of drug-likeness (QED) is 0.595. The maximum Gasteiger partial charge on any atom is 0.222 e. The van der Waals surface area contributed by atoms with Crippen molar-refractivity contribution in [2.45, 2.75) is 44.3 Å². The lowest BCUT2D eigenvalue weighted by atomic mass is 10.1. The highest BCUT2D eigenvalue weighted by Gasteiger charge is 2.24. The first kappa shape index (κ1) is 20.7. The Kier molecular flexibility index (Phi) is 8.67. The number of nitrogens with zero attached hydrogens (tertiary/aromatic N) is 2. The first-order valence-electron chi connectivity index (χ1n) is 9.26. The van der Waals surface area contributed by atoms with Crippen LogP contribution in [0.25, 0.3) is 0 Å². The highest BCUT2D eigenvalue weighted by atomic mass is 33.1. The Hall–Kier alpha value is -0.650. The topological polar surface area (TPSA) is 23.6 Å². The largest absolute Gasteiger partial charge is 0.340 e. The van der Waals surface area contributed by atoms with E-state index in [1.807, 2.05) is 10.8 Å². The third-order valence-electron chi connectivity index (χ3n) is 4.76. The first-order valence-corrected chi connectivity index (χ1v) is 11.8. The molecule has 1 aliphatic rings. The summed E-state index contributed by atoms with van der Waals surface area (Å²) in [6, 6.07) is 10.7. The fourth-order valence-corrected chi connectivity index (χ4v) is 5.45. The Morgan fingerprint density at radius 3 is 2.44 bits per heavy atom. The number of amides is 1. The van der Waals surface area contributed by atoms with Gasteiger partial charge >= 0.3 is 0 Å². The van der Waals surface area contributed by atoms with Crippen molar-refractivity contribution in [2.75, 3.05) is 39.0 Å². The summed E-state index contributed by atoms with van der Waals surface area (Å²) >= 11 is 0. The van der Waals surface area contributed by atoms with Gasteiger partial charge in [0.2, 0.25) is 5.91 Å². The van der Waals surface area contributed by atoms with Gasteiger partial charge in [-0.3, -0.25) is 9.69 Å². The number of carbonyl (C=O) groups excluding carboxylic acids is 1. The molecule has 0 radical (unpaired) electrons. The van der Waals surface area contributed by atoms with Crippen molar-refractivity contribution in [2.24, 2.45) is 0 Å². The van der Waals surface area contributed by atoms with Crippen LogP contribution in [0, 0.1) is 0 Å². The monoisotopic (exact) mass is 380 g/mol. The van der Waals surface area contributed by atoms with Crippen LogP contribution < -0.4 is 0 Å². The number of benzene rings is 1. The summed E-state index contributed by atoms with van der Waals surface area (Å²) in [6.45, 7) is 9.40. The number of hydrogen-bond acceptors (Lipinski definition) is 4. The molecule has 25 heavy (non-hydrogen) atoms. The summed E-state index contributed by atoms with van der Waals surface area (Å²) < 4.78 is 0.175. The number of hydrogen-bond donors (Lipinski definition) is 0. The standard InChI is InChI=1S/C20H32N2OS2/c1-20(2,25-24-3)12-11-19(23)22-16-14-21(15-17-22)13-7-10-18-8-5-4-6-9-18/h4-6,8-9H,7,10-17H2,1-3H3. The molecule has 1 aliphatic heterocycles. The van der Waals surface area contributed by atoms with E-state index in [2.05, 4.69) is 60.2 Å². The van der Waals surface area contributed by atoms with Crippen molar-refractivity contribution in [1.29, 1.82) is 0 Å². The molecule has 0 saturated carbocycles. The van der Waals surface area contributed by atoms with Crippen molar-refractivity contribution in [3.63, 3.8) is 0 Å². The minimum Gasteiger partial charge on any atom is -0.340 e. The molecule has 3 nitrogen and oxygen atoms in total. The predicted octanol–water partition coefficient (Wildman–Crippen LogP) is 4.33. The van der Waals surface area contributed by atoms with Crippen molar-refractivity contribution in [3.8, 4) is 0 Å². The number of carbonyl (C=O) groups is 1. The lowest BCUT2D eigenvalue weighted by Gasteiger charge is -2.35. The molecule has 1 saturated heterocycles. The molecule has 0 atom stereocenters. The van der Waals surface area contributed by atoms with Crippen molar-refractivity contribution < 1.29 is 4.79 Å². The van der Waals surface area contributed by atoms with E-state index in [-0.39, 0.29) is 4.75 Å². The maximum absolute atomic E-state index is 12.4. The van der Waals surface area contributed by atoms with Gasteiger partial charge in [-0.05, 0) is 51.5 Å². The van der Waals surface area contributed by atoms with Gasteiger partial charge in [0.25, 0.3) is 0 Å². The van der Waals surface area contributed by atoms with Crippen LogP contribution in [0.5, 0.6) is 0 Å². The lowest BCUT2D eigenvalue weighted by Crippen LogP contribution is -2.49. The van der Waals surface area contributed by atoms with E-state index in [0.717, 1.165) is 45.6 Å². The molecule has 1 aromatic rings. The number of aryl methyl sites for hydroxylation is 1. The fourth-order valence-electron chi connectivity index (χ4n) is 3.21. The minimum atomic E-state index is 0.175. The van der Waals surface area contributed by atoms with Crippen LogP contribution in [0.2, 0.25) is 0 Å². The fraction of sp³-hybridized carbons (Fsp3) is 0.650. The van der Waals surface area contributed by atoms with Gasteiger partial charge in [-0.2, -0.15) is 0 Å². The Morgan fingerprint density at radius 2 is 1.80 bits per heavy atom. The summed E-state index contributed by atoms with van der Waals surface area (Å²) in [5, 5.41) is 0. The van der Waals surface area contributed by atoms with E-state index < -0.39 is 0 Å². The number of rotatable bonds is 9. The zero-order valence-electron chi connectivity index (χ0n) is 15.9. The molecule has 0 aromatic heterocycles. The molecule has 5 heteroatoms. The molecule has 2 rings (SSSR count). The third kappa shape index (κ3) is 7.63. The molecule has 0 bridgehead atoms. The van der Waals surface area contributed by atoms with Crippen LogP contribution in [0.3, 0.4) is 0 Å². The van der Waals surface area contributed by atoms with Gasteiger partial charge in [0.15, 0.2) is 0 Å². The van der Waals surface area contributed by atoms with Gasteiger partial charge in [-0.1, -0.05) is 51.9 Å². The summed E-state index contributed by atoms with van der Waals surface area (Å²) in [4.78, 5) is 17.0. The normalized spacial score (nSPS) is 16.2. The Labute approximate surface area is 161 Å². The molecule has 0 N–H and O–H groups in total. The van der Waals surface area contributed by atoms with Gasteiger partial charge in [-0.15, -0.1) is 0 Å². The van der Waals surface area contributed by atoms with Crippen molar-refractivity contribution in [3.05, 3.63) is 35.9 Å². The van der Waals surface area contributed by atoms with Crippen LogP contribution in [0.1, 0.15) is 38.7 Å². The first-order chi connectivity index (χ1) is 12.0. The minimum absolute atomic E-state index is 0.175. The average Bonchev–Trinajstić information content (AvgIpc) is 2.61. The molecule has 0 aliphatic carbocycles. The molecular weight excluding hydrogens is 348 g/mol. The Morgan fingerprint density at radius 1 is 1.12 bits per heavy atom. The molecule has 1 amide bonds. The van der Waals surface area contributed by atoms with E-state index in [4.69, 9.17) is 0 Å². The molecule has 1 heterocycles. The van der Waals surface area contributed by atoms with Crippen LogP contribution in [0.4, 0.5) is 0 Å². The molecule has 0 spiro atoms. The van der Waals surface area contributed by atoms with Gasteiger partial charge in [0.05, 0.1) is 0 Å². The second-order valence-corrected chi connectivity index (χ2v) is 10.4. The summed E-state index contributed by atoms with van der Waals surface area (Å²) in [5.41, 5.74) is 1.42. The molecule has 140 valence electrons. The Bertz CT molecular complexity index is 514. The van der Waals surface area contributed by atoms with Gasteiger partial charge in [0.1, 0.15) is 0 Å². The van der Waals surface area contributed by atoms with Crippen LogP contribution in [-0.4, -0.2) is 59.4 Å². The molecule has 0 unspecified atom stereocenters. The van der Waals surface area contributed by atoms with Crippen molar-refractivity contribution >= 4 is 27.5 Å². The van der Waals surface area contributed by atoms with E-state index in [0.29, 0.717) is 12.3 Å². The lowest BCUT2D eigenvalue weighted by molar-refractivity contribution is -0.133. The highest BCUT2D eigenvalue weighted by Crippen LogP contribution is 2.37. The second-order valence-electron chi connectivity index (χ2n) is 7.32. The molecule has 1 aromatic carbocycles. The number of piperazine rings is 1. The van der Waals surface area contributed by atoms with Crippen LogP contribution >= 0.6 is 21.6 Å². The second kappa shape index (κ2) is 10.5. The summed E-state index contributed by atoms with van der Waals surface area (Å²) in [5.74, 6) is 0.332. The Balaban J connectivity index is 1.63. The van der Waals surface area contributed by atoms with Crippen molar-refractivity contribution in [1.82, 2.24) is 9.80 Å². The smallest absolute Gasteiger partial charge is 0.222 e. The van der Waals surface area contributed by atoms with E-state index in [1.165, 1.54) is 12.0 Å². The van der Waals surface area contributed by atoms with E-state index in [1.54, 1.807) is 10.8 Å². The predicted molar refractivity (Wildman–Crippen MR) is 112 cm³/mol. The van der Waals surface area contributed by atoms with Crippen LogP contribution in [0.15, 0.2) is 30.3 Å². The maximum atomic E-state index is 12.4. The average molecular weight is 381 g/mol. The summed E-state index contributed by atoms with van der Waals surface area (Å²) in [6.07, 6.45) is 6.06. The van der Waals surface area contributed by atoms with Crippen LogP contribution in [-0.2, 0) is 11.2 Å². The molecular formula is C20H32N2OS2. The SMILES string of the molecule is CSSC(C)(C)CCC(=O)N1CCN(CCCc2ccccc2)CC1. The van der Waals surface area contributed by atoms with E-state index in [9.17, 15) is 4.79 Å². The third-order valence-corrected chi connectivity index (χ3v) is 7.43. The van der Waals surface area contributed by atoms with Gasteiger partial charge in [-0.25, -0.2) is 0 Å². The molecule has 1 fully saturated rings. The highest BCUT2D eigenvalue weighted by molar-refractivity contribution is 8.76. The zero-order chi connectivity index (χ0) is 18.1. The van der Waals surface area contributed by atoms with Gasteiger partial charge in [0, 0.05) is 37.3 Å². The zero-order valence-corrected chi connectivity index (χ0v) is 17.5. The van der Waals surface area contributed by atoms with Gasteiger partial charge < -0.3 is 4.90 Å². The van der Waals surface area contributed by atoms with E-state index >= 15 is 0 Å². The summed E-state index contributed by atoms with van der Waals surface area (Å²) in [7, 11) is 3.65.